The third-order valence-corrected chi connectivity index (χ3v) is 2.65. The van der Waals surface area contributed by atoms with Crippen molar-refractivity contribution in [1.29, 1.82) is 0 Å². The van der Waals surface area contributed by atoms with Gasteiger partial charge in [-0.1, -0.05) is 15.9 Å². The van der Waals surface area contributed by atoms with Crippen LogP contribution in [-0.2, 0) is 4.79 Å². The van der Waals surface area contributed by atoms with Crippen LogP contribution in [0.5, 0.6) is 0 Å². The van der Waals surface area contributed by atoms with Crippen molar-refractivity contribution in [3.63, 3.8) is 0 Å². The highest BCUT2D eigenvalue weighted by Crippen LogP contribution is 2.25. The van der Waals surface area contributed by atoms with Crippen LogP contribution >= 0.6 is 15.9 Å². The molecule has 9 heavy (non-hydrogen) atoms. The Morgan fingerprint density at radius 2 is 2.00 bits per heavy atom. The van der Waals surface area contributed by atoms with E-state index in [0.717, 1.165) is 0 Å². The topological polar surface area (TPSA) is 37.3 Å². The van der Waals surface area contributed by atoms with Crippen LogP contribution in [0.2, 0.25) is 0 Å². The lowest BCUT2D eigenvalue weighted by Gasteiger charge is -2.22. The van der Waals surface area contributed by atoms with E-state index in [9.17, 15) is 4.79 Å². The van der Waals surface area contributed by atoms with Crippen molar-refractivity contribution >= 4 is 21.7 Å². The summed E-state index contributed by atoms with van der Waals surface area (Å²) in [5, 5.41) is 8.20. The summed E-state index contributed by atoms with van der Waals surface area (Å²) in [7, 11) is 0. The largest absolute Gasteiger partial charge is 0.381 e. The summed E-state index contributed by atoms with van der Waals surface area (Å²) in [5.74, 6) is -0.0214. The standard InChI is InChI=1S/C6H11BrO2/c1-4(8)6(2,3)5(7)9/h5,9H,1-3H3. The first-order valence-corrected chi connectivity index (χ1v) is 3.63. The average molecular weight is 195 g/mol. The average Bonchev–Trinajstić information content (AvgIpc) is 1.65. The number of aliphatic hydroxyl groups excluding tert-OH is 1. The van der Waals surface area contributed by atoms with E-state index in [1.54, 1.807) is 13.8 Å². The Bertz CT molecular complexity index is 118. The molecule has 0 aliphatic carbocycles. The molecular formula is C6H11BrO2. The van der Waals surface area contributed by atoms with Gasteiger partial charge in [0.15, 0.2) is 0 Å². The Kier molecular flexibility index (Phi) is 2.83. The monoisotopic (exact) mass is 194 g/mol. The molecule has 0 amide bonds. The van der Waals surface area contributed by atoms with E-state index < -0.39 is 10.4 Å². The molecule has 0 saturated carbocycles. The molecule has 1 N–H and O–H groups in total. The van der Waals surface area contributed by atoms with Gasteiger partial charge in [-0.25, -0.2) is 0 Å². The normalized spacial score (nSPS) is 15.2. The Labute approximate surface area is 63.4 Å². The molecule has 0 fully saturated rings. The summed E-state index contributed by atoms with van der Waals surface area (Å²) in [5.41, 5.74) is -0.667. The van der Waals surface area contributed by atoms with Crippen molar-refractivity contribution in [2.24, 2.45) is 5.41 Å². The van der Waals surface area contributed by atoms with Gasteiger partial charge < -0.3 is 5.11 Å². The zero-order valence-corrected chi connectivity index (χ0v) is 7.40. The highest BCUT2D eigenvalue weighted by atomic mass is 79.9. The van der Waals surface area contributed by atoms with Gasteiger partial charge in [0.05, 0.1) is 5.41 Å². The second kappa shape index (κ2) is 2.80. The zero-order chi connectivity index (χ0) is 7.65. The molecule has 1 unspecified atom stereocenters. The number of ketones is 1. The van der Waals surface area contributed by atoms with Crippen molar-refractivity contribution in [2.45, 2.75) is 25.8 Å². The number of aliphatic hydroxyl groups is 1. The first-order chi connectivity index (χ1) is 3.89. The summed E-state index contributed by atoms with van der Waals surface area (Å²) in [6.45, 7) is 4.84. The molecule has 2 nitrogen and oxygen atoms in total. The minimum Gasteiger partial charge on any atom is -0.381 e. The van der Waals surface area contributed by atoms with E-state index in [0.29, 0.717) is 0 Å². The number of carbonyl (C=O) groups excluding carboxylic acids is 1. The molecular weight excluding hydrogens is 184 g/mol. The number of Topliss-reactive ketones (excluding diaryl/α,β-unsaturated/α-hetero) is 1. The van der Waals surface area contributed by atoms with Crippen molar-refractivity contribution in [2.75, 3.05) is 0 Å². The third-order valence-electron chi connectivity index (χ3n) is 1.50. The lowest BCUT2D eigenvalue weighted by atomic mass is 9.90. The minimum absolute atomic E-state index is 0.0214. The van der Waals surface area contributed by atoms with Gasteiger partial charge in [0, 0.05) is 0 Å². The van der Waals surface area contributed by atoms with E-state index in [-0.39, 0.29) is 5.78 Å². The predicted molar refractivity (Wildman–Crippen MR) is 39.4 cm³/mol. The first-order valence-electron chi connectivity index (χ1n) is 2.72. The molecule has 1 atom stereocenters. The number of alkyl halides is 1. The van der Waals surface area contributed by atoms with Gasteiger partial charge in [0.1, 0.15) is 10.8 Å². The van der Waals surface area contributed by atoms with E-state index in [1.165, 1.54) is 6.92 Å². The Morgan fingerprint density at radius 3 is 2.00 bits per heavy atom. The highest BCUT2D eigenvalue weighted by Gasteiger charge is 2.30. The maximum Gasteiger partial charge on any atom is 0.138 e. The molecule has 0 bridgehead atoms. The Morgan fingerprint density at radius 1 is 1.67 bits per heavy atom. The van der Waals surface area contributed by atoms with Gasteiger partial charge >= 0.3 is 0 Å². The van der Waals surface area contributed by atoms with Crippen molar-refractivity contribution < 1.29 is 9.90 Å². The summed E-state index contributed by atoms with van der Waals surface area (Å²) < 4.78 is 0. The lowest BCUT2D eigenvalue weighted by Crippen LogP contribution is -2.31. The van der Waals surface area contributed by atoms with Gasteiger partial charge in [-0.3, -0.25) is 4.79 Å². The smallest absolute Gasteiger partial charge is 0.138 e. The minimum atomic E-state index is -0.748. The molecule has 54 valence electrons. The van der Waals surface area contributed by atoms with Gasteiger partial charge in [0.2, 0.25) is 0 Å². The fourth-order valence-electron chi connectivity index (χ4n) is 0.168. The number of halogens is 1. The molecule has 0 aliphatic heterocycles. The van der Waals surface area contributed by atoms with Crippen LogP contribution in [0.3, 0.4) is 0 Å². The van der Waals surface area contributed by atoms with Crippen LogP contribution in [0.15, 0.2) is 0 Å². The molecule has 0 heterocycles. The maximum absolute atomic E-state index is 10.7. The molecule has 0 aromatic heterocycles. The molecule has 0 aromatic rings. The Hall–Kier alpha value is 0.110. The van der Waals surface area contributed by atoms with E-state index >= 15 is 0 Å². The third kappa shape index (κ3) is 2.06. The molecule has 3 heteroatoms. The van der Waals surface area contributed by atoms with Crippen LogP contribution in [0.4, 0.5) is 0 Å². The SMILES string of the molecule is CC(=O)C(C)(C)C(O)Br. The van der Waals surface area contributed by atoms with Crippen molar-refractivity contribution in [3.8, 4) is 0 Å². The second-order valence-electron chi connectivity index (χ2n) is 2.61. The van der Waals surface area contributed by atoms with Crippen LogP contribution < -0.4 is 0 Å². The van der Waals surface area contributed by atoms with E-state index in [2.05, 4.69) is 15.9 Å². The summed E-state index contributed by atoms with van der Waals surface area (Å²) >= 11 is 2.93. The van der Waals surface area contributed by atoms with Crippen molar-refractivity contribution in [3.05, 3.63) is 0 Å². The van der Waals surface area contributed by atoms with Crippen LogP contribution in [0.1, 0.15) is 20.8 Å². The first kappa shape index (κ1) is 9.11. The van der Waals surface area contributed by atoms with E-state index in [4.69, 9.17) is 5.11 Å². The maximum atomic E-state index is 10.7. The fraction of sp³-hybridized carbons (Fsp3) is 0.833. The van der Waals surface area contributed by atoms with Gasteiger partial charge in [0.25, 0.3) is 0 Å². The zero-order valence-electron chi connectivity index (χ0n) is 5.81. The number of hydrogen-bond donors (Lipinski definition) is 1. The van der Waals surface area contributed by atoms with Gasteiger partial charge in [-0.05, 0) is 20.8 Å². The van der Waals surface area contributed by atoms with Gasteiger partial charge in [-0.2, -0.15) is 0 Å². The summed E-state index contributed by atoms with van der Waals surface area (Å²) in [6, 6.07) is 0. The predicted octanol–water partition coefficient (Wildman–Crippen LogP) is 1.31. The van der Waals surface area contributed by atoms with Crippen LogP contribution in [0, 0.1) is 5.41 Å². The second-order valence-corrected chi connectivity index (χ2v) is 3.48. The number of carbonyl (C=O) groups is 1. The van der Waals surface area contributed by atoms with Crippen molar-refractivity contribution in [1.82, 2.24) is 0 Å². The highest BCUT2D eigenvalue weighted by molar-refractivity contribution is 9.09. The molecule has 0 saturated heterocycles. The quantitative estimate of drug-likeness (QED) is 0.674. The van der Waals surface area contributed by atoms with Crippen LogP contribution in [-0.4, -0.2) is 15.9 Å². The molecule has 0 rings (SSSR count). The summed E-state index contributed by atoms with van der Waals surface area (Å²) in [4.78, 5) is 10.7. The van der Waals surface area contributed by atoms with Crippen LogP contribution in [0.25, 0.3) is 0 Å². The molecule has 0 radical (unpaired) electrons. The summed E-state index contributed by atoms with van der Waals surface area (Å²) in [6.07, 6.45) is 0. The van der Waals surface area contributed by atoms with E-state index in [1.807, 2.05) is 0 Å². The number of hydrogen-bond acceptors (Lipinski definition) is 2. The molecule has 0 spiro atoms. The molecule has 0 aromatic carbocycles. The molecule has 0 aliphatic rings. The van der Waals surface area contributed by atoms with Gasteiger partial charge in [-0.15, -0.1) is 0 Å². The lowest BCUT2D eigenvalue weighted by molar-refractivity contribution is -0.127. The fourth-order valence-corrected chi connectivity index (χ4v) is 0.490. The number of rotatable bonds is 2. The Balaban J connectivity index is 4.19.